The summed E-state index contributed by atoms with van der Waals surface area (Å²) in [4.78, 5) is 17.1. The Bertz CT molecular complexity index is 1050. The van der Waals surface area contributed by atoms with Gasteiger partial charge in [-0.15, -0.1) is 0 Å². The summed E-state index contributed by atoms with van der Waals surface area (Å²) in [5, 5.41) is 6.92. The van der Waals surface area contributed by atoms with Crippen LogP contribution in [0.1, 0.15) is 0 Å². The molecule has 0 saturated carbocycles. The number of aromatic nitrogens is 4. The van der Waals surface area contributed by atoms with Gasteiger partial charge in [-0.3, -0.25) is 0 Å². The Kier molecular flexibility index (Phi) is 4.20. The van der Waals surface area contributed by atoms with Gasteiger partial charge in [0.15, 0.2) is 16.8 Å². The van der Waals surface area contributed by atoms with Gasteiger partial charge < -0.3 is 21.1 Å². The molecular formula is C17H15N7OS. The van der Waals surface area contributed by atoms with Crippen molar-refractivity contribution in [2.45, 2.75) is 0 Å². The molecule has 26 heavy (non-hydrogen) atoms. The second-order valence-corrected chi connectivity index (χ2v) is 6.33. The molecule has 0 bridgehead atoms. The first-order chi connectivity index (χ1) is 12.7. The summed E-state index contributed by atoms with van der Waals surface area (Å²) in [6, 6.07) is 11.3. The highest BCUT2D eigenvalue weighted by Crippen LogP contribution is 2.33. The van der Waals surface area contributed by atoms with Crippen molar-refractivity contribution < 1.29 is 4.74 Å². The Morgan fingerprint density at radius 3 is 2.65 bits per heavy atom. The predicted molar refractivity (Wildman–Crippen MR) is 103 cm³/mol. The smallest absolute Gasteiger partial charge is 0.189 e. The average molecular weight is 365 g/mol. The minimum atomic E-state index is 0.384. The Hall–Kier alpha value is -3.46. The normalized spacial score (nSPS) is 10.7. The lowest BCUT2D eigenvalue weighted by atomic mass is 10.3. The summed E-state index contributed by atoms with van der Waals surface area (Å²) in [7, 11) is 1.64. The van der Waals surface area contributed by atoms with E-state index in [0.29, 0.717) is 28.3 Å². The van der Waals surface area contributed by atoms with Crippen LogP contribution < -0.4 is 21.1 Å². The fourth-order valence-electron chi connectivity index (χ4n) is 2.34. The summed E-state index contributed by atoms with van der Waals surface area (Å²) in [6.07, 6.45) is 3.12. The predicted octanol–water partition coefficient (Wildman–Crippen LogP) is 3.56. The molecule has 0 radical (unpaired) electrons. The van der Waals surface area contributed by atoms with Crippen molar-refractivity contribution in [2.24, 2.45) is 0 Å². The molecule has 0 amide bonds. The Morgan fingerprint density at radius 1 is 1.04 bits per heavy atom. The van der Waals surface area contributed by atoms with Crippen LogP contribution in [0.4, 0.5) is 28.3 Å². The molecule has 0 atom stereocenters. The summed E-state index contributed by atoms with van der Waals surface area (Å²) in [5.74, 6) is 2.39. The lowest BCUT2D eigenvalue weighted by Crippen LogP contribution is -2.05. The SMILES string of the molecule is COc1ccc2nc(Nc3ncnc(Nc4ccccn4)c3N)sc2c1. The Labute approximate surface area is 153 Å². The third-order valence-corrected chi connectivity index (χ3v) is 4.55. The Balaban J connectivity index is 1.61. The van der Waals surface area contributed by atoms with Crippen molar-refractivity contribution in [3.63, 3.8) is 0 Å². The highest BCUT2D eigenvalue weighted by Gasteiger charge is 2.12. The molecule has 4 aromatic rings. The lowest BCUT2D eigenvalue weighted by molar-refractivity contribution is 0.415. The first kappa shape index (κ1) is 16.0. The molecule has 130 valence electrons. The molecule has 0 fully saturated rings. The molecule has 1 aromatic carbocycles. The maximum absolute atomic E-state index is 6.20. The van der Waals surface area contributed by atoms with E-state index in [0.717, 1.165) is 16.0 Å². The van der Waals surface area contributed by atoms with E-state index >= 15 is 0 Å². The zero-order valence-electron chi connectivity index (χ0n) is 13.8. The molecule has 0 spiro atoms. The number of nitrogen functional groups attached to an aromatic ring is 1. The van der Waals surface area contributed by atoms with Crippen LogP contribution in [0, 0.1) is 0 Å². The van der Waals surface area contributed by atoms with Gasteiger partial charge in [0, 0.05) is 6.20 Å². The number of benzene rings is 1. The highest BCUT2D eigenvalue weighted by atomic mass is 32.1. The summed E-state index contributed by atoms with van der Waals surface area (Å²) in [6.45, 7) is 0. The first-order valence-corrected chi connectivity index (χ1v) is 8.55. The van der Waals surface area contributed by atoms with E-state index in [1.807, 2.05) is 36.4 Å². The molecule has 0 unspecified atom stereocenters. The molecule has 8 nitrogen and oxygen atoms in total. The molecule has 0 saturated heterocycles. The van der Waals surface area contributed by atoms with E-state index in [1.165, 1.54) is 17.7 Å². The van der Waals surface area contributed by atoms with Gasteiger partial charge in [0.1, 0.15) is 23.6 Å². The third kappa shape index (κ3) is 3.20. The van der Waals surface area contributed by atoms with Crippen LogP contribution in [0.15, 0.2) is 48.9 Å². The number of rotatable bonds is 5. The quantitative estimate of drug-likeness (QED) is 0.492. The first-order valence-electron chi connectivity index (χ1n) is 7.73. The van der Waals surface area contributed by atoms with Gasteiger partial charge in [0.05, 0.1) is 17.3 Å². The number of thiazole rings is 1. The van der Waals surface area contributed by atoms with E-state index < -0.39 is 0 Å². The standard InChI is InChI=1S/C17H15N7OS/c1-25-10-5-6-11-12(8-10)26-17(22-11)24-16-14(18)15(20-9-21-16)23-13-4-2-3-7-19-13/h2-9H,18H2,1H3,(H2,19,20,21,22,23,24). The van der Waals surface area contributed by atoms with Crippen LogP contribution in [0.5, 0.6) is 5.75 Å². The highest BCUT2D eigenvalue weighted by molar-refractivity contribution is 7.22. The van der Waals surface area contributed by atoms with Crippen LogP contribution in [0.3, 0.4) is 0 Å². The number of ether oxygens (including phenoxy) is 1. The summed E-state index contributed by atoms with van der Waals surface area (Å²) in [5.41, 5.74) is 7.46. The number of nitrogens with one attached hydrogen (secondary N) is 2. The number of fused-ring (bicyclic) bond motifs is 1. The van der Waals surface area contributed by atoms with Crippen LogP contribution in [0.2, 0.25) is 0 Å². The number of pyridine rings is 1. The molecule has 9 heteroatoms. The van der Waals surface area contributed by atoms with Gasteiger partial charge in [0.25, 0.3) is 0 Å². The lowest BCUT2D eigenvalue weighted by Gasteiger charge is -2.10. The van der Waals surface area contributed by atoms with Gasteiger partial charge in [-0.1, -0.05) is 17.4 Å². The van der Waals surface area contributed by atoms with Crippen molar-refractivity contribution >= 4 is 49.8 Å². The van der Waals surface area contributed by atoms with E-state index in [-0.39, 0.29) is 0 Å². The van der Waals surface area contributed by atoms with Crippen LogP contribution in [-0.2, 0) is 0 Å². The zero-order chi connectivity index (χ0) is 17.9. The Morgan fingerprint density at radius 2 is 1.88 bits per heavy atom. The largest absolute Gasteiger partial charge is 0.497 e. The monoisotopic (exact) mass is 365 g/mol. The maximum atomic E-state index is 6.20. The van der Waals surface area contributed by atoms with Gasteiger partial charge in [-0.25, -0.2) is 19.9 Å². The molecular weight excluding hydrogens is 350 g/mol. The summed E-state index contributed by atoms with van der Waals surface area (Å²) >= 11 is 1.49. The van der Waals surface area contributed by atoms with E-state index in [4.69, 9.17) is 10.5 Å². The van der Waals surface area contributed by atoms with Crippen molar-refractivity contribution in [1.82, 2.24) is 19.9 Å². The molecule has 3 aromatic heterocycles. The maximum Gasteiger partial charge on any atom is 0.189 e. The topological polar surface area (TPSA) is 111 Å². The molecule has 3 heterocycles. The molecule has 0 aliphatic heterocycles. The van der Waals surface area contributed by atoms with Crippen LogP contribution in [0.25, 0.3) is 10.2 Å². The molecule has 0 aliphatic rings. The van der Waals surface area contributed by atoms with E-state index in [9.17, 15) is 0 Å². The minimum Gasteiger partial charge on any atom is -0.497 e. The van der Waals surface area contributed by atoms with Gasteiger partial charge in [-0.2, -0.15) is 0 Å². The average Bonchev–Trinajstić information content (AvgIpc) is 3.07. The van der Waals surface area contributed by atoms with Crippen LogP contribution in [-0.4, -0.2) is 27.0 Å². The van der Waals surface area contributed by atoms with Crippen molar-refractivity contribution in [3.8, 4) is 5.75 Å². The fourth-order valence-corrected chi connectivity index (χ4v) is 3.23. The number of methoxy groups -OCH3 is 1. The third-order valence-electron chi connectivity index (χ3n) is 3.62. The van der Waals surface area contributed by atoms with Crippen molar-refractivity contribution in [2.75, 3.05) is 23.5 Å². The number of anilines is 5. The number of hydrogen-bond acceptors (Lipinski definition) is 9. The van der Waals surface area contributed by atoms with Crippen LogP contribution >= 0.6 is 11.3 Å². The van der Waals surface area contributed by atoms with Crippen molar-refractivity contribution in [1.29, 1.82) is 0 Å². The van der Waals surface area contributed by atoms with Crippen molar-refractivity contribution in [3.05, 3.63) is 48.9 Å². The second kappa shape index (κ2) is 6.81. The molecule has 0 aliphatic carbocycles. The summed E-state index contributed by atoms with van der Waals surface area (Å²) < 4.78 is 6.25. The number of nitrogens with zero attached hydrogens (tertiary/aromatic N) is 4. The zero-order valence-corrected chi connectivity index (χ0v) is 14.6. The van der Waals surface area contributed by atoms with Gasteiger partial charge in [0.2, 0.25) is 0 Å². The number of nitrogens with two attached hydrogens (primary N) is 1. The van der Waals surface area contributed by atoms with E-state index in [2.05, 4.69) is 30.6 Å². The molecule has 4 N–H and O–H groups in total. The minimum absolute atomic E-state index is 0.384. The van der Waals surface area contributed by atoms with E-state index in [1.54, 1.807) is 13.3 Å². The number of hydrogen-bond donors (Lipinski definition) is 3. The fraction of sp³-hybridized carbons (Fsp3) is 0.0588. The second-order valence-electron chi connectivity index (χ2n) is 5.30. The van der Waals surface area contributed by atoms with Gasteiger partial charge in [-0.05, 0) is 30.3 Å². The molecule has 4 rings (SSSR count). The van der Waals surface area contributed by atoms with Gasteiger partial charge >= 0.3 is 0 Å².